The third-order valence-corrected chi connectivity index (χ3v) is 5.79. The molecular weight excluding hydrogens is 398 g/mol. The first-order valence-electron chi connectivity index (χ1n) is 9.59. The summed E-state index contributed by atoms with van der Waals surface area (Å²) in [6.07, 6.45) is 0. The number of hydrogen-bond acceptors (Lipinski definition) is 5. The standard InChI is InChI=1S/C23H21N3O3S/c1-3-26-22(28)19-12-15-6-4-5-7-16(15)13-20(19)25-23(26)30-14-21(27)24-17-8-10-18(29-2)11-9-17/h4-13H,3,14H2,1-2H3,(H,24,27). The van der Waals surface area contributed by atoms with Crippen LogP contribution < -0.4 is 15.6 Å². The van der Waals surface area contributed by atoms with E-state index in [0.717, 1.165) is 16.5 Å². The quantitative estimate of drug-likeness (QED) is 0.286. The Morgan fingerprint density at radius 2 is 1.80 bits per heavy atom. The number of carbonyl (C=O) groups excluding carboxylic acids is 1. The van der Waals surface area contributed by atoms with Crippen LogP contribution in [0.25, 0.3) is 21.7 Å². The van der Waals surface area contributed by atoms with Gasteiger partial charge < -0.3 is 10.1 Å². The molecule has 1 aromatic heterocycles. The van der Waals surface area contributed by atoms with Gasteiger partial charge in [0.05, 0.1) is 23.8 Å². The van der Waals surface area contributed by atoms with Gasteiger partial charge in [0.15, 0.2) is 5.16 Å². The van der Waals surface area contributed by atoms with Gasteiger partial charge >= 0.3 is 0 Å². The number of nitrogens with one attached hydrogen (secondary N) is 1. The number of nitrogens with zero attached hydrogens (tertiary/aromatic N) is 2. The minimum absolute atomic E-state index is 0.0914. The summed E-state index contributed by atoms with van der Waals surface area (Å²) < 4.78 is 6.73. The molecule has 0 aliphatic carbocycles. The fourth-order valence-corrected chi connectivity index (χ4v) is 4.14. The van der Waals surface area contributed by atoms with Crippen molar-refractivity contribution in [2.45, 2.75) is 18.6 Å². The summed E-state index contributed by atoms with van der Waals surface area (Å²) in [7, 11) is 1.59. The molecule has 1 heterocycles. The Balaban J connectivity index is 1.58. The molecular formula is C23H21N3O3S. The molecule has 1 amide bonds. The number of benzene rings is 3. The first kappa shape index (κ1) is 20.0. The van der Waals surface area contributed by atoms with Gasteiger partial charge in [0.1, 0.15) is 5.75 Å². The highest BCUT2D eigenvalue weighted by Crippen LogP contribution is 2.23. The van der Waals surface area contributed by atoms with Crippen molar-refractivity contribution in [3.63, 3.8) is 0 Å². The smallest absolute Gasteiger partial charge is 0.262 e. The minimum atomic E-state index is -0.166. The highest BCUT2D eigenvalue weighted by atomic mass is 32.2. The molecule has 0 aliphatic rings. The number of carbonyl (C=O) groups is 1. The van der Waals surface area contributed by atoms with E-state index in [1.165, 1.54) is 11.8 Å². The van der Waals surface area contributed by atoms with Gasteiger partial charge in [-0.05, 0) is 54.1 Å². The van der Waals surface area contributed by atoms with Crippen molar-refractivity contribution in [1.29, 1.82) is 0 Å². The van der Waals surface area contributed by atoms with Gasteiger partial charge in [-0.25, -0.2) is 4.98 Å². The number of methoxy groups -OCH3 is 1. The Labute approximate surface area is 177 Å². The molecule has 6 nitrogen and oxygen atoms in total. The zero-order chi connectivity index (χ0) is 21.1. The Morgan fingerprint density at radius 1 is 1.10 bits per heavy atom. The van der Waals surface area contributed by atoms with Crippen molar-refractivity contribution in [3.05, 3.63) is 71.0 Å². The summed E-state index contributed by atoms with van der Waals surface area (Å²) >= 11 is 1.26. The number of hydrogen-bond donors (Lipinski definition) is 1. The van der Waals surface area contributed by atoms with Crippen LogP contribution in [0, 0.1) is 0 Å². The molecule has 152 valence electrons. The van der Waals surface area contributed by atoms with Gasteiger partial charge in [0.25, 0.3) is 5.56 Å². The normalized spacial score (nSPS) is 11.0. The lowest BCUT2D eigenvalue weighted by atomic mass is 10.1. The lowest BCUT2D eigenvalue weighted by Gasteiger charge is -2.12. The maximum absolute atomic E-state index is 13.0. The zero-order valence-electron chi connectivity index (χ0n) is 16.7. The first-order chi connectivity index (χ1) is 14.6. The van der Waals surface area contributed by atoms with Crippen LogP contribution in [0.2, 0.25) is 0 Å². The Kier molecular flexibility index (Phi) is 5.72. The molecule has 7 heteroatoms. The molecule has 0 saturated heterocycles. The van der Waals surface area contributed by atoms with Gasteiger partial charge in [-0.15, -0.1) is 0 Å². The molecule has 0 unspecified atom stereocenters. The molecule has 0 fully saturated rings. The van der Waals surface area contributed by atoms with Crippen LogP contribution in [0.3, 0.4) is 0 Å². The van der Waals surface area contributed by atoms with Crippen molar-refractivity contribution < 1.29 is 9.53 Å². The van der Waals surface area contributed by atoms with E-state index in [2.05, 4.69) is 10.3 Å². The maximum atomic E-state index is 13.0. The van der Waals surface area contributed by atoms with Crippen molar-refractivity contribution in [3.8, 4) is 5.75 Å². The van der Waals surface area contributed by atoms with Crippen molar-refractivity contribution >= 4 is 45.0 Å². The number of amides is 1. The van der Waals surface area contributed by atoms with E-state index >= 15 is 0 Å². The monoisotopic (exact) mass is 419 g/mol. The van der Waals surface area contributed by atoms with Crippen LogP contribution >= 0.6 is 11.8 Å². The lowest BCUT2D eigenvalue weighted by Crippen LogP contribution is -2.23. The van der Waals surface area contributed by atoms with Gasteiger partial charge in [-0.1, -0.05) is 36.0 Å². The van der Waals surface area contributed by atoms with Crippen LogP contribution in [0.15, 0.2) is 70.6 Å². The van der Waals surface area contributed by atoms with Gasteiger partial charge in [0.2, 0.25) is 5.91 Å². The molecule has 0 radical (unpaired) electrons. The topological polar surface area (TPSA) is 73.2 Å². The minimum Gasteiger partial charge on any atom is -0.497 e. The Morgan fingerprint density at radius 3 is 2.47 bits per heavy atom. The van der Waals surface area contributed by atoms with Crippen molar-refractivity contribution in [2.75, 3.05) is 18.2 Å². The number of rotatable bonds is 6. The van der Waals surface area contributed by atoms with E-state index in [9.17, 15) is 9.59 Å². The van der Waals surface area contributed by atoms with Gasteiger partial charge in [-0.3, -0.25) is 14.2 Å². The second-order valence-corrected chi connectivity index (χ2v) is 7.67. The van der Waals surface area contributed by atoms with Crippen molar-refractivity contribution in [1.82, 2.24) is 9.55 Å². The van der Waals surface area contributed by atoms with E-state index < -0.39 is 0 Å². The van der Waals surface area contributed by atoms with E-state index in [4.69, 9.17) is 4.74 Å². The van der Waals surface area contributed by atoms with Gasteiger partial charge in [0, 0.05) is 12.2 Å². The average Bonchev–Trinajstić information content (AvgIpc) is 2.77. The molecule has 4 rings (SSSR count). The number of thioether (sulfide) groups is 1. The van der Waals surface area contributed by atoms with Crippen LogP contribution in [0.1, 0.15) is 6.92 Å². The molecule has 0 aliphatic heterocycles. The zero-order valence-corrected chi connectivity index (χ0v) is 17.5. The lowest BCUT2D eigenvalue weighted by molar-refractivity contribution is -0.113. The average molecular weight is 420 g/mol. The van der Waals surface area contributed by atoms with Crippen LogP contribution in [0.5, 0.6) is 5.75 Å². The predicted octanol–water partition coefficient (Wildman–Crippen LogP) is 4.31. The highest BCUT2D eigenvalue weighted by Gasteiger charge is 2.13. The summed E-state index contributed by atoms with van der Waals surface area (Å²) in [5, 5.41) is 6.00. The highest BCUT2D eigenvalue weighted by molar-refractivity contribution is 7.99. The first-order valence-corrected chi connectivity index (χ1v) is 10.6. The van der Waals surface area contributed by atoms with E-state index in [1.807, 2.05) is 43.3 Å². The second-order valence-electron chi connectivity index (χ2n) is 6.73. The third kappa shape index (κ3) is 4.02. The number of aromatic nitrogens is 2. The predicted molar refractivity (Wildman–Crippen MR) is 122 cm³/mol. The largest absolute Gasteiger partial charge is 0.497 e. The van der Waals surface area contributed by atoms with Crippen molar-refractivity contribution in [2.24, 2.45) is 0 Å². The molecule has 1 N–H and O–H groups in total. The molecule has 0 atom stereocenters. The van der Waals surface area contributed by atoms with Gasteiger partial charge in [-0.2, -0.15) is 0 Å². The molecule has 30 heavy (non-hydrogen) atoms. The van der Waals surface area contributed by atoms with Crippen LogP contribution in [-0.4, -0.2) is 28.3 Å². The fourth-order valence-electron chi connectivity index (χ4n) is 3.28. The summed E-state index contributed by atoms with van der Waals surface area (Å²) in [4.78, 5) is 30.1. The molecule has 4 aromatic rings. The van der Waals surface area contributed by atoms with Crippen LogP contribution in [0.4, 0.5) is 5.69 Å². The van der Waals surface area contributed by atoms with E-state index in [0.29, 0.717) is 28.3 Å². The fraction of sp³-hybridized carbons (Fsp3) is 0.174. The molecule has 0 bridgehead atoms. The SMILES string of the molecule is CCn1c(SCC(=O)Nc2ccc(OC)cc2)nc2cc3ccccc3cc2c1=O. The number of anilines is 1. The van der Waals surface area contributed by atoms with E-state index in [1.54, 1.807) is 35.9 Å². The molecule has 3 aromatic carbocycles. The van der Waals surface area contributed by atoms with E-state index in [-0.39, 0.29) is 17.2 Å². The summed E-state index contributed by atoms with van der Waals surface area (Å²) in [5.74, 6) is 0.709. The maximum Gasteiger partial charge on any atom is 0.262 e. The third-order valence-electron chi connectivity index (χ3n) is 4.81. The number of ether oxygens (including phenoxy) is 1. The molecule has 0 saturated carbocycles. The summed E-state index contributed by atoms with van der Waals surface area (Å²) in [5.41, 5.74) is 1.24. The Bertz CT molecular complexity index is 1280. The second kappa shape index (κ2) is 8.59. The molecule has 0 spiro atoms. The number of fused-ring (bicyclic) bond motifs is 2. The summed E-state index contributed by atoms with van der Waals surface area (Å²) in [6, 6.07) is 18.8. The Hall–Kier alpha value is -3.32. The van der Waals surface area contributed by atoms with Crippen LogP contribution in [-0.2, 0) is 11.3 Å². The summed E-state index contributed by atoms with van der Waals surface area (Å²) in [6.45, 7) is 2.38.